The number of Topliss-reactive ketones (excluding diaryl/α,β-unsaturated/α-hetero) is 1. The van der Waals surface area contributed by atoms with E-state index in [4.69, 9.17) is 0 Å². The second-order valence-electron chi connectivity index (χ2n) is 5.14. The van der Waals surface area contributed by atoms with Gasteiger partial charge in [-0.1, -0.05) is 58.4 Å². The van der Waals surface area contributed by atoms with Gasteiger partial charge in [-0.2, -0.15) is 0 Å². The van der Waals surface area contributed by atoms with Gasteiger partial charge in [-0.25, -0.2) is 0 Å². The summed E-state index contributed by atoms with van der Waals surface area (Å²) in [6.07, 6.45) is 1.26. The first-order chi connectivity index (χ1) is 9.74. The Balaban J connectivity index is 1.72. The van der Waals surface area contributed by atoms with Crippen LogP contribution in [0.3, 0.4) is 0 Å². The molecule has 2 aromatic rings. The van der Waals surface area contributed by atoms with Crippen LogP contribution in [0.5, 0.6) is 0 Å². The maximum absolute atomic E-state index is 12.4. The zero-order valence-corrected chi connectivity index (χ0v) is 12.7. The van der Waals surface area contributed by atoms with Gasteiger partial charge in [0.15, 0.2) is 5.78 Å². The van der Waals surface area contributed by atoms with Crippen LogP contribution < -0.4 is 5.32 Å². The molecule has 1 heterocycles. The molecular formula is C17H16BrNO. The van der Waals surface area contributed by atoms with E-state index in [0.29, 0.717) is 6.42 Å². The van der Waals surface area contributed by atoms with Crippen LogP contribution in [0.15, 0.2) is 53.0 Å². The molecule has 2 nitrogen and oxygen atoms in total. The molecule has 20 heavy (non-hydrogen) atoms. The molecule has 1 unspecified atom stereocenters. The van der Waals surface area contributed by atoms with Gasteiger partial charge in [0.2, 0.25) is 0 Å². The van der Waals surface area contributed by atoms with Gasteiger partial charge in [0.1, 0.15) is 0 Å². The highest BCUT2D eigenvalue weighted by atomic mass is 79.9. The van der Waals surface area contributed by atoms with Crippen molar-refractivity contribution in [1.82, 2.24) is 5.32 Å². The van der Waals surface area contributed by atoms with Crippen LogP contribution in [-0.4, -0.2) is 11.8 Å². The van der Waals surface area contributed by atoms with Crippen molar-refractivity contribution >= 4 is 21.7 Å². The lowest BCUT2D eigenvalue weighted by Crippen LogP contribution is -2.42. The minimum atomic E-state index is -0.0722. The number of carbonyl (C=O) groups excluding carboxylic acids is 1. The number of rotatable bonds is 3. The van der Waals surface area contributed by atoms with Crippen molar-refractivity contribution in [2.24, 2.45) is 0 Å². The minimum absolute atomic E-state index is 0.0722. The Hall–Kier alpha value is -1.45. The zero-order chi connectivity index (χ0) is 13.9. The van der Waals surface area contributed by atoms with Crippen LogP contribution in [0, 0.1) is 0 Å². The van der Waals surface area contributed by atoms with Crippen molar-refractivity contribution in [2.75, 3.05) is 0 Å². The summed E-state index contributed by atoms with van der Waals surface area (Å²) in [6.45, 7) is 0.780. The topological polar surface area (TPSA) is 29.1 Å². The second-order valence-corrected chi connectivity index (χ2v) is 6.00. The number of hydrogen-bond donors (Lipinski definition) is 1. The Morgan fingerprint density at radius 3 is 2.60 bits per heavy atom. The highest BCUT2D eigenvalue weighted by Crippen LogP contribution is 2.20. The predicted octanol–water partition coefficient (Wildman–Crippen LogP) is 3.28. The summed E-state index contributed by atoms with van der Waals surface area (Å²) in [5, 5.41) is 3.35. The van der Waals surface area contributed by atoms with Gasteiger partial charge in [-0.3, -0.25) is 4.79 Å². The van der Waals surface area contributed by atoms with Crippen molar-refractivity contribution in [3.05, 3.63) is 69.7 Å². The molecule has 0 bridgehead atoms. The third kappa shape index (κ3) is 2.84. The number of hydrogen-bond acceptors (Lipinski definition) is 2. The molecule has 0 saturated carbocycles. The van der Waals surface area contributed by atoms with Gasteiger partial charge in [-0.05, 0) is 29.2 Å². The molecule has 2 aromatic carbocycles. The highest BCUT2D eigenvalue weighted by Gasteiger charge is 2.24. The number of carbonyl (C=O) groups is 1. The number of fused-ring (bicyclic) bond motifs is 1. The first-order valence-electron chi connectivity index (χ1n) is 6.80. The summed E-state index contributed by atoms with van der Waals surface area (Å²) < 4.78 is 1.00. The van der Waals surface area contributed by atoms with E-state index in [9.17, 15) is 4.79 Å². The summed E-state index contributed by atoms with van der Waals surface area (Å²) in [4.78, 5) is 12.4. The largest absolute Gasteiger partial charge is 0.303 e. The van der Waals surface area contributed by atoms with Crippen molar-refractivity contribution in [1.29, 1.82) is 0 Å². The Morgan fingerprint density at radius 2 is 1.80 bits per heavy atom. The lowest BCUT2D eigenvalue weighted by molar-refractivity contribution is -0.120. The van der Waals surface area contributed by atoms with Crippen LogP contribution in [0.1, 0.15) is 16.7 Å². The first kappa shape index (κ1) is 13.5. The van der Waals surface area contributed by atoms with Gasteiger partial charge in [0.25, 0.3) is 0 Å². The van der Waals surface area contributed by atoms with Crippen LogP contribution in [0.4, 0.5) is 0 Å². The van der Waals surface area contributed by atoms with Crippen LogP contribution in [0.25, 0.3) is 0 Å². The van der Waals surface area contributed by atoms with Crippen LogP contribution in [0.2, 0.25) is 0 Å². The number of halogens is 1. The van der Waals surface area contributed by atoms with E-state index >= 15 is 0 Å². The quantitative estimate of drug-likeness (QED) is 0.936. The third-order valence-corrected chi connectivity index (χ3v) is 4.57. The normalized spacial score (nSPS) is 17.6. The molecule has 1 atom stereocenters. The summed E-state index contributed by atoms with van der Waals surface area (Å²) in [5.74, 6) is 0.256. The van der Waals surface area contributed by atoms with Crippen molar-refractivity contribution < 1.29 is 4.79 Å². The molecule has 1 aliphatic rings. The van der Waals surface area contributed by atoms with E-state index < -0.39 is 0 Å². The Morgan fingerprint density at radius 1 is 1.10 bits per heavy atom. The average Bonchev–Trinajstić information content (AvgIpc) is 2.49. The smallest absolute Gasteiger partial charge is 0.154 e. The van der Waals surface area contributed by atoms with E-state index in [2.05, 4.69) is 33.4 Å². The molecule has 0 fully saturated rings. The summed E-state index contributed by atoms with van der Waals surface area (Å²) in [5.41, 5.74) is 3.65. The van der Waals surface area contributed by atoms with E-state index in [1.54, 1.807) is 0 Å². The number of ketones is 1. The van der Waals surface area contributed by atoms with Crippen LogP contribution >= 0.6 is 15.9 Å². The maximum Gasteiger partial charge on any atom is 0.154 e. The summed E-state index contributed by atoms with van der Waals surface area (Å²) in [7, 11) is 0. The average molecular weight is 330 g/mol. The van der Waals surface area contributed by atoms with Crippen molar-refractivity contribution in [2.45, 2.75) is 25.4 Å². The van der Waals surface area contributed by atoms with E-state index in [-0.39, 0.29) is 11.8 Å². The Kier molecular flexibility index (Phi) is 3.99. The molecule has 0 amide bonds. The molecule has 3 rings (SSSR count). The Bertz CT molecular complexity index is 638. The second kappa shape index (κ2) is 5.90. The highest BCUT2D eigenvalue weighted by molar-refractivity contribution is 9.10. The van der Waals surface area contributed by atoms with Gasteiger partial charge >= 0.3 is 0 Å². The molecule has 1 N–H and O–H groups in total. The van der Waals surface area contributed by atoms with Gasteiger partial charge < -0.3 is 5.32 Å². The molecule has 102 valence electrons. The standard InChI is InChI=1S/C17H16BrNO/c18-15-8-4-3-6-13(15)10-17(20)16-9-12-5-1-2-7-14(12)11-19-16/h1-8,16,19H,9-11H2. The lowest BCUT2D eigenvalue weighted by atomic mass is 9.91. The zero-order valence-electron chi connectivity index (χ0n) is 11.1. The monoisotopic (exact) mass is 329 g/mol. The van der Waals surface area contributed by atoms with E-state index in [0.717, 1.165) is 23.0 Å². The molecule has 3 heteroatoms. The van der Waals surface area contributed by atoms with E-state index in [1.165, 1.54) is 11.1 Å². The fourth-order valence-corrected chi connectivity index (χ4v) is 3.06. The maximum atomic E-state index is 12.4. The van der Waals surface area contributed by atoms with E-state index in [1.807, 2.05) is 36.4 Å². The van der Waals surface area contributed by atoms with Crippen molar-refractivity contribution in [3.63, 3.8) is 0 Å². The summed E-state index contributed by atoms with van der Waals surface area (Å²) >= 11 is 3.50. The fraction of sp³-hybridized carbons (Fsp3) is 0.235. The number of nitrogens with one attached hydrogen (secondary N) is 1. The van der Waals surface area contributed by atoms with Crippen molar-refractivity contribution in [3.8, 4) is 0 Å². The minimum Gasteiger partial charge on any atom is -0.303 e. The molecule has 0 spiro atoms. The van der Waals surface area contributed by atoms with Crippen LogP contribution in [-0.2, 0) is 24.2 Å². The third-order valence-electron chi connectivity index (χ3n) is 3.79. The number of benzene rings is 2. The molecule has 0 aromatic heterocycles. The molecule has 0 radical (unpaired) electrons. The molecular weight excluding hydrogens is 314 g/mol. The van der Waals surface area contributed by atoms with Gasteiger partial charge in [-0.15, -0.1) is 0 Å². The Labute approximate surface area is 127 Å². The molecule has 0 aliphatic carbocycles. The van der Waals surface area contributed by atoms with Gasteiger partial charge in [0, 0.05) is 17.4 Å². The fourth-order valence-electron chi connectivity index (χ4n) is 2.63. The molecule has 1 aliphatic heterocycles. The summed E-state index contributed by atoms with van der Waals surface area (Å²) in [6, 6.07) is 16.2. The molecule has 0 saturated heterocycles. The SMILES string of the molecule is O=C(Cc1ccccc1Br)C1Cc2ccccc2CN1. The lowest BCUT2D eigenvalue weighted by Gasteiger charge is -2.25. The van der Waals surface area contributed by atoms with Gasteiger partial charge in [0.05, 0.1) is 6.04 Å². The predicted molar refractivity (Wildman–Crippen MR) is 83.6 cm³/mol. The first-order valence-corrected chi connectivity index (χ1v) is 7.59.